The highest BCUT2D eigenvalue weighted by molar-refractivity contribution is 7.98. The molecule has 116 valence electrons. The number of fused-ring (bicyclic) bond motifs is 1. The maximum atomic E-state index is 12.1. The third-order valence-electron chi connectivity index (χ3n) is 3.25. The molecule has 0 bridgehead atoms. The predicted molar refractivity (Wildman–Crippen MR) is 96.1 cm³/mol. The third kappa shape index (κ3) is 3.57. The van der Waals surface area contributed by atoms with Crippen molar-refractivity contribution in [3.63, 3.8) is 0 Å². The number of carbonyl (C=O) groups excluding carboxylic acids is 1. The molecule has 2 heterocycles. The minimum atomic E-state index is -0.217. The Hall–Kier alpha value is -2.24. The summed E-state index contributed by atoms with van der Waals surface area (Å²) >= 11 is 7.76. The molecule has 1 amide bonds. The lowest BCUT2D eigenvalue weighted by atomic mass is 10.3. The van der Waals surface area contributed by atoms with Gasteiger partial charge in [-0.2, -0.15) is 0 Å². The Kier molecular flexibility index (Phi) is 4.69. The van der Waals surface area contributed by atoms with Crippen molar-refractivity contribution < 1.29 is 4.79 Å². The Labute approximate surface area is 143 Å². The normalized spacial score (nSPS) is 11.2. The predicted octanol–water partition coefficient (Wildman–Crippen LogP) is 4.36. The first-order valence-corrected chi connectivity index (χ1v) is 8.53. The van der Waals surface area contributed by atoms with Crippen molar-refractivity contribution in [2.75, 3.05) is 11.6 Å². The first kappa shape index (κ1) is 15.6. The number of amides is 1. The summed E-state index contributed by atoms with van der Waals surface area (Å²) in [6.45, 7) is 0. The van der Waals surface area contributed by atoms with Crippen molar-refractivity contribution in [3.8, 4) is 0 Å². The number of hydrogen-bond donors (Lipinski definition) is 1. The first-order chi connectivity index (χ1) is 11.2. The summed E-state index contributed by atoms with van der Waals surface area (Å²) in [4.78, 5) is 17.4. The van der Waals surface area contributed by atoms with Crippen LogP contribution in [-0.2, 0) is 4.79 Å². The second kappa shape index (κ2) is 6.89. The molecule has 6 heteroatoms. The fourth-order valence-electron chi connectivity index (χ4n) is 2.17. The number of benzene rings is 1. The van der Waals surface area contributed by atoms with E-state index in [1.807, 2.05) is 59.3 Å². The SMILES string of the molecule is CSc1cccc(NC(=O)/C=C/c2c(Cl)nc3ccccn23)c1. The van der Waals surface area contributed by atoms with E-state index in [-0.39, 0.29) is 5.91 Å². The number of aromatic nitrogens is 2. The maximum absolute atomic E-state index is 12.1. The van der Waals surface area contributed by atoms with Crippen LogP contribution in [0, 0.1) is 0 Å². The van der Waals surface area contributed by atoms with E-state index in [2.05, 4.69) is 10.3 Å². The molecule has 0 atom stereocenters. The molecule has 0 aliphatic rings. The monoisotopic (exact) mass is 343 g/mol. The Morgan fingerprint density at radius 3 is 3.00 bits per heavy atom. The van der Waals surface area contributed by atoms with Crippen LogP contribution in [-0.4, -0.2) is 21.5 Å². The molecule has 1 aromatic carbocycles. The number of nitrogens with one attached hydrogen (secondary N) is 1. The molecule has 0 fully saturated rings. The molecule has 0 saturated carbocycles. The van der Waals surface area contributed by atoms with Gasteiger partial charge in [-0.3, -0.25) is 9.20 Å². The molecule has 0 saturated heterocycles. The van der Waals surface area contributed by atoms with Gasteiger partial charge in [-0.1, -0.05) is 23.7 Å². The van der Waals surface area contributed by atoms with Gasteiger partial charge in [0.05, 0.1) is 5.69 Å². The number of imidazole rings is 1. The minimum Gasteiger partial charge on any atom is -0.322 e. The van der Waals surface area contributed by atoms with Crippen molar-refractivity contribution in [1.29, 1.82) is 0 Å². The summed E-state index contributed by atoms with van der Waals surface area (Å²) in [5.41, 5.74) is 2.18. The summed E-state index contributed by atoms with van der Waals surface area (Å²) in [7, 11) is 0. The van der Waals surface area contributed by atoms with Gasteiger partial charge < -0.3 is 5.32 Å². The Balaban J connectivity index is 1.78. The average Bonchev–Trinajstić information content (AvgIpc) is 2.88. The topological polar surface area (TPSA) is 46.4 Å². The van der Waals surface area contributed by atoms with Gasteiger partial charge >= 0.3 is 0 Å². The van der Waals surface area contributed by atoms with Crippen LogP contribution in [0.1, 0.15) is 5.69 Å². The average molecular weight is 344 g/mol. The van der Waals surface area contributed by atoms with Crippen LogP contribution in [0.15, 0.2) is 59.6 Å². The van der Waals surface area contributed by atoms with Gasteiger partial charge in [-0.15, -0.1) is 11.8 Å². The van der Waals surface area contributed by atoms with Gasteiger partial charge in [0, 0.05) is 22.9 Å². The van der Waals surface area contributed by atoms with Gasteiger partial charge in [0.1, 0.15) is 5.65 Å². The summed E-state index contributed by atoms with van der Waals surface area (Å²) in [6, 6.07) is 13.3. The van der Waals surface area contributed by atoms with Crippen LogP contribution in [0.25, 0.3) is 11.7 Å². The van der Waals surface area contributed by atoms with Crippen LogP contribution in [0.5, 0.6) is 0 Å². The van der Waals surface area contributed by atoms with E-state index < -0.39 is 0 Å². The van der Waals surface area contributed by atoms with Crippen LogP contribution in [0.3, 0.4) is 0 Å². The lowest BCUT2D eigenvalue weighted by Crippen LogP contribution is -2.07. The number of rotatable bonds is 4. The van der Waals surface area contributed by atoms with Crippen molar-refractivity contribution in [2.45, 2.75) is 4.90 Å². The molecule has 3 rings (SSSR count). The molecule has 23 heavy (non-hydrogen) atoms. The number of hydrogen-bond acceptors (Lipinski definition) is 3. The molecule has 0 radical (unpaired) electrons. The van der Waals surface area contributed by atoms with E-state index in [1.54, 1.807) is 17.8 Å². The fraction of sp³-hybridized carbons (Fsp3) is 0.0588. The van der Waals surface area contributed by atoms with E-state index in [9.17, 15) is 4.79 Å². The fourth-order valence-corrected chi connectivity index (χ4v) is 2.87. The van der Waals surface area contributed by atoms with E-state index in [4.69, 9.17) is 11.6 Å². The zero-order valence-electron chi connectivity index (χ0n) is 12.4. The second-order valence-corrected chi connectivity index (χ2v) is 6.01. The highest BCUT2D eigenvalue weighted by Gasteiger charge is 2.07. The minimum absolute atomic E-state index is 0.217. The van der Waals surface area contributed by atoms with Crippen LogP contribution >= 0.6 is 23.4 Å². The Morgan fingerprint density at radius 2 is 2.17 bits per heavy atom. The van der Waals surface area contributed by atoms with Crippen molar-refractivity contribution in [3.05, 3.63) is 65.6 Å². The molecule has 0 unspecified atom stereocenters. The van der Waals surface area contributed by atoms with Crippen LogP contribution < -0.4 is 5.32 Å². The number of pyridine rings is 1. The number of nitrogens with zero attached hydrogens (tertiary/aromatic N) is 2. The molecular weight excluding hydrogens is 330 g/mol. The number of thioether (sulfide) groups is 1. The highest BCUT2D eigenvalue weighted by Crippen LogP contribution is 2.20. The largest absolute Gasteiger partial charge is 0.322 e. The molecule has 1 N–H and O–H groups in total. The van der Waals surface area contributed by atoms with E-state index in [0.29, 0.717) is 10.8 Å². The third-order valence-corrected chi connectivity index (χ3v) is 4.26. The standard InChI is InChI=1S/C17H14ClN3OS/c1-23-13-6-4-5-12(11-13)19-16(22)9-8-14-17(18)20-15-7-2-3-10-21(14)15/h2-11H,1H3,(H,19,22)/b9-8+. The zero-order valence-corrected chi connectivity index (χ0v) is 13.9. The lowest BCUT2D eigenvalue weighted by molar-refractivity contribution is -0.111. The Bertz CT molecular complexity index is 888. The first-order valence-electron chi connectivity index (χ1n) is 6.93. The number of halogens is 1. The van der Waals surface area contributed by atoms with Gasteiger partial charge in [-0.25, -0.2) is 4.98 Å². The van der Waals surface area contributed by atoms with Crippen molar-refractivity contribution >= 4 is 46.7 Å². The molecule has 3 aromatic rings. The summed E-state index contributed by atoms with van der Waals surface area (Å²) in [5.74, 6) is -0.217. The van der Waals surface area contributed by atoms with Crippen molar-refractivity contribution in [2.24, 2.45) is 0 Å². The van der Waals surface area contributed by atoms with Gasteiger partial charge in [0.2, 0.25) is 5.91 Å². The molecule has 2 aromatic heterocycles. The summed E-state index contributed by atoms with van der Waals surface area (Å²) < 4.78 is 1.83. The summed E-state index contributed by atoms with van der Waals surface area (Å²) in [5, 5.41) is 3.20. The van der Waals surface area contributed by atoms with Crippen LogP contribution in [0.2, 0.25) is 5.15 Å². The number of anilines is 1. The maximum Gasteiger partial charge on any atom is 0.248 e. The van der Waals surface area contributed by atoms with Gasteiger partial charge in [0.25, 0.3) is 0 Å². The van der Waals surface area contributed by atoms with E-state index in [1.165, 1.54) is 6.08 Å². The summed E-state index contributed by atoms with van der Waals surface area (Å²) in [6.07, 6.45) is 6.96. The smallest absolute Gasteiger partial charge is 0.248 e. The Morgan fingerprint density at radius 1 is 1.30 bits per heavy atom. The lowest BCUT2D eigenvalue weighted by Gasteiger charge is -2.03. The van der Waals surface area contributed by atoms with E-state index in [0.717, 1.165) is 16.2 Å². The molecule has 4 nitrogen and oxygen atoms in total. The molecule has 0 aliphatic carbocycles. The van der Waals surface area contributed by atoms with E-state index >= 15 is 0 Å². The van der Waals surface area contributed by atoms with Gasteiger partial charge in [-0.05, 0) is 42.7 Å². The quantitative estimate of drug-likeness (QED) is 0.565. The number of carbonyl (C=O) groups is 1. The highest BCUT2D eigenvalue weighted by atomic mass is 35.5. The zero-order chi connectivity index (χ0) is 16.2. The molecular formula is C17H14ClN3OS. The second-order valence-electron chi connectivity index (χ2n) is 4.77. The van der Waals surface area contributed by atoms with Gasteiger partial charge in [0.15, 0.2) is 5.15 Å². The molecule has 0 aliphatic heterocycles. The molecule has 0 spiro atoms. The van der Waals surface area contributed by atoms with Crippen molar-refractivity contribution in [1.82, 2.24) is 9.38 Å². The van der Waals surface area contributed by atoms with Crippen LogP contribution in [0.4, 0.5) is 5.69 Å².